The van der Waals surface area contributed by atoms with Crippen LogP contribution >= 0.6 is 0 Å². The fourth-order valence-corrected chi connectivity index (χ4v) is 3.82. The zero-order valence-electron chi connectivity index (χ0n) is 15.4. The first-order chi connectivity index (χ1) is 11.4. The SMILES string of the molecule is CC(=O)Nc1cccc2c1nc(C(C)(C)C)n2CC1CCCCC1. The van der Waals surface area contributed by atoms with Gasteiger partial charge in [0.05, 0.1) is 11.2 Å². The van der Waals surface area contributed by atoms with E-state index in [4.69, 9.17) is 4.98 Å². The second kappa shape index (κ2) is 6.58. The smallest absolute Gasteiger partial charge is 0.221 e. The molecule has 0 radical (unpaired) electrons. The molecule has 1 N–H and O–H groups in total. The van der Waals surface area contributed by atoms with Crippen molar-refractivity contribution in [3.8, 4) is 0 Å². The predicted octanol–water partition coefficient (Wildman–Crippen LogP) is 4.87. The molecule has 2 aromatic rings. The van der Waals surface area contributed by atoms with E-state index in [0.717, 1.165) is 35.0 Å². The molecule has 1 saturated carbocycles. The summed E-state index contributed by atoms with van der Waals surface area (Å²) in [4.78, 5) is 16.5. The van der Waals surface area contributed by atoms with Gasteiger partial charge in [0.25, 0.3) is 0 Å². The van der Waals surface area contributed by atoms with Crippen molar-refractivity contribution in [2.75, 3.05) is 5.32 Å². The normalized spacial score (nSPS) is 16.5. The molecule has 3 rings (SSSR count). The lowest BCUT2D eigenvalue weighted by Gasteiger charge is -2.26. The summed E-state index contributed by atoms with van der Waals surface area (Å²) < 4.78 is 2.40. The van der Waals surface area contributed by atoms with E-state index in [9.17, 15) is 4.79 Å². The maximum atomic E-state index is 11.5. The number of carbonyl (C=O) groups excluding carboxylic acids is 1. The predicted molar refractivity (Wildman–Crippen MR) is 99.3 cm³/mol. The van der Waals surface area contributed by atoms with Gasteiger partial charge in [-0.2, -0.15) is 0 Å². The van der Waals surface area contributed by atoms with Crippen molar-refractivity contribution < 1.29 is 4.79 Å². The molecule has 0 saturated heterocycles. The zero-order valence-corrected chi connectivity index (χ0v) is 15.4. The molecule has 1 aromatic heterocycles. The van der Waals surface area contributed by atoms with E-state index >= 15 is 0 Å². The Morgan fingerprint density at radius 1 is 1.25 bits per heavy atom. The van der Waals surface area contributed by atoms with Crippen LogP contribution in [0.25, 0.3) is 11.0 Å². The molecule has 4 heteroatoms. The molecule has 1 heterocycles. The number of benzene rings is 1. The van der Waals surface area contributed by atoms with Crippen molar-refractivity contribution in [1.82, 2.24) is 9.55 Å². The van der Waals surface area contributed by atoms with Crippen LogP contribution in [0.15, 0.2) is 18.2 Å². The molecule has 130 valence electrons. The molecule has 4 nitrogen and oxygen atoms in total. The summed E-state index contributed by atoms with van der Waals surface area (Å²) >= 11 is 0. The van der Waals surface area contributed by atoms with Gasteiger partial charge in [0.2, 0.25) is 5.91 Å². The molecule has 1 aliphatic carbocycles. The van der Waals surface area contributed by atoms with Gasteiger partial charge < -0.3 is 9.88 Å². The number of imidazole rings is 1. The van der Waals surface area contributed by atoms with Crippen molar-refractivity contribution in [3.05, 3.63) is 24.0 Å². The minimum atomic E-state index is -0.0540. The van der Waals surface area contributed by atoms with Crippen LogP contribution in [0.5, 0.6) is 0 Å². The van der Waals surface area contributed by atoms with E-state index in [1.54, 1.807) is 6.92 Å². The molecule has 0 aliphatic heterocycles. The number of para-hydroxylation sites is 1. The van der Waals surface area contributed by atoms with Crippen LogP contribution in [0.3, 0.4) is 0 Å². The van der Waals surface area contributed by atoms with Gasteiger partial charge in [-0.15, -0.1) is 0 Å². The highest BCUT2D eigenvalue weighted by Crippen LogP contribution is 2.33. The van der Waals surface area contributed by atoms with E-state index in [-0.39, 0.29) is 11.3 Å². The van der Waals surface area contributed by atoms with Crippen molar-refractivity contribution in [2.45, 2.75) is 71.8 Å². The Kier molecular flexibility index (Phi) is 4.66. The minimum absolute atomic E-state index is 0.0266. The number of carbonyl (C=O) groups is 1. The van der Waals surface area contributed by atoms with E-state index in [0.29, 0.717) is 0 Å². The third-order valence-corrected chi connectivity index (χ3v) is 4.93. The standard InChI is InChI=1S/C20H29N3O/c1-14(24)21-16-11-8-12-17-18(16)22-19(20(2,3)4)23(17)13-15-9-6-5-7-10-15/h8,11-12,15H,5-7,9-10,13H2,1-4H3,(H,21,24). The number of nitrogens with one attached hydrogen (secondary N) is 1. The Labute approximate surface area is 144 Å². The average Bonchev–Trinajstić information content (AvgIpc) is 2.88. The number of aromatic nitrogens is 2. The Hall–Kier alpha value is -1.84. The highest BCUT2D eigenvalue weighted by atomic mass is 16.1. The Bertz CT molecular complexity index is 733. The molecule has 0 unspecified atom stereocenters. The number of anilines is 1. The quantitative estimate of drug-likeness (QED) is 0.874. The number of fused-ring (bicyclic) bond motifs is 1. The highest BCUT2D eigenvalue weighted by Gasteiger charge is 2.26. The molecule has 0 atom stereocenters. The van der Waals surface area contributed by atoms with Gasteiger partial charge in [0.1, 0.15) is 11.3 Å². The number of nitrogens with zero attached hydrogens (tertiary/aromatic N) is 2. The first kappa shape index (κ1) is 17.0. The van der Waals surface area contributed by atoms with Gasteiger partial charge >= 0.3 is 0 Å². The molecule has 1 aliphatic rings. The topological polar surface area (TPSA) is 46.9 Å². The van der Waals surface area contributed by atoms with Crippen LogP contribution in [0.4, 0.5) is 5.69 Å². The molecular weight excluding hydrogens is 298 g/mol. The number of rotatable bonds is 3. The maximum Gasteiger partial charge on any atom is 0.221 e. The van der Waals surface area contributed by atoms with Crippen molar-refractivity contribution >= 4 is 22.6 Å². The van der Waals surface area contributed by atoms with Crippen LogP contribution in [0.1, 0.15) is 65.6 Å². The van der Waals surface area contributed by atoms with Crippen molar-refractivity contribution in [3.63, 3.8) is 0 Å². The van der Waals surface area contributed by atoms with Crippen molar-refractivity contribution in [2.24, 2.45) is 5.92 Å². The number of hydrogen-bond donors (Lipinski definition) is 1. The van der Waals surface area contributed by atoms with E-state index in [2.05, 4.69) is 36.7 Å². The molecule has 1 amide bonds. The van der Waals surface area contributed by atoms with Crippen LogP contribution in [0, 0.1) is 5.92 Å². The highest BCUT2D eigenvalue weighted by molar-refractivity contribution is 5.98. The van der Waals surface area contributed by atoms with Gasteiger partial charge in [-0.3, -0.25) is 4.79 Å². The van der Waals surface area contributed by atoms with Gasteiger partial charge in [-0.25, -0.2) is 4.98 Å². The van der Waals surface area contributed by atoms with E-state index in [1.165, 1.54) is 32.1 Å². The number of amides is 1. The third kappa shape index (κ3) is 3.47. The van der Waals surface area contributed by atoms with Gasteiger partial charge in [0.15, 0.2) is 0 Å². The molecule has 1 aromatic carbocycles. The lowest BCUT2D eigenvalue weighted by Crippen LogP contribution is -2.22. The van der Waals surface area contributed by atoms with Crippen LogP contribution < -0.4 is 5.32 Å². The molecule has 0 spiro atoms. The summed E-state index contributed by atoms with van der Waals surface area (Å²) in [5, 5.41) is 2.93. The van der Waals surface area contributed by atoms with E-state index in [1.807, 2.05) is 12.1 Å². The van der Waals surface area contributed by atoms with Gasteiger partial charge in [-0.1, -0.05) is 46.1 Å². The lowest BCUT2D eigenvalue weighted by molar-refractivity contribution is -0.114. The summed E-state index contributed by atoms with van der Waals surface area (Å²) in [7, 11) is 0. The summed E-state index contributed by atoms with van der Waals surface area (Å²) in [5.74, 6) is 1.80. The van der Waals surface area contributed by atoms with Gasteiger partial charge in [-0.05, 0) is 30.9 Å². The average molecular weight is 327 g/mol. The number of hydrogen-bond acceptors (Lipinski definition) is 2. The largest absolute Gasteiger partial charge is 0.327 e. The van der Waals surface area contributed by atoms with Crippen LogP contribution in [-0.2, 0) is 16.8 Å². The Morgan fingerprint density at radius 3 is 2.58 bits per heavy atom. The summed E-state index contributed by atoms with van der Waals surface area (Å²) in [6.07, 6.45) is 6.70. The maximum absolute atomic E-state index is 11.5. The lowest BCUT2D eigenvalue weighted by atomic mass is 9.88. The summed E-state index contributed by atoms with van der Waals surface area (Å²) in [5.41, 5.74) is 2.83. The van der Waals surface area contributed by atoms with E-state index < -0.39 is 0 Å². The Morgan fingerprint density at radius 2 is 1.96 bits per heavy atom. The molecule has 0 bridgehead atoms. The first-order valence-electron chi connectivity index (χ1n) is 9.13. The van der Waals surface area contributed by atoms with Gasteiger partial charge in [0, 0.05) is 18.9 Å². The third-order valence-electron chi connectivity index (χ3n) is 4.93. The summed E-state index contributed by atoms with van der Waals surface area (Å²) in [6.45, 7) is 9.21. The Balaban J connectivity index is 2.08. The summed E-state index contributed by atoms with van der Waals surface area (Å²) in [6, 6.07) is 6.08. The molecular formula is C20H29N3O. The monoisotopic (exact) mass is 327 g/mol. The zero-order chi connectivity index (χ0) is 17.3. The second-order valence-corrected chi connectivity index (χ2v) is 8.15. The van der Waals surface area contributed by atoms with Crippen LogP contribution in [0.2, 0.25) is 0 Å². The fraction of sp³-hybridized carbons (Fsp3) is 0.600. The molecule has 24 heavy (non-hydrogen) atoms. The minimum Gasteiger partial charge on any atom is -0.327 e. The fourth-order valence-electron chi connectivity index (χ4n) is 3.82. The first-order valence-corrected chi connectivity index (χ1v) is 9.13. The molecule has 1 fully saturated rings. The van der Waals surface area contributed by atoms with Crippen LogP contribution in [-0.4, -0.2) is 15.5 Å². The second-order valence-electron chi connectivity index (χ2n) is 8.15. The van der Waals surface area contributed by atoms with Crippen molar-refractivity contribution in [1.29, 1.82) is 0 Å².